The summed E-state index contributed by atoms with van der Waals surface area (Å²) in [6.07, 6.45) is -1.97. The second-order valence-corrected chi connectivity index (χ2v) is 6.38. The van der Waals surface area contributed by atoms with Crippen molar-refractivity contribution in [1.82, 2.24) is 15.0 Å². The molecule has 0 spiro atoms. The number of carboxylic acids is 1. The minimum Gasteiger partial charge on any atom is -0.476 e. The molecule has 1 N–H and O–H groups in total. The summed E-state index contributed by atoms with van der Waals surface area (Å²) in [6.45, 7) is 0. The van der Waals surface area contributed by atoms with E-state index in [-0.39, 0.29) is 29.3 Å². The van der Waals surface area contributed by atoms with Crippen LogP contribution in [-0.2, 0) is 7.05 Å². The summed E-state index contributed by atoms with van der Waals surface area (Å²) in [5.41, 5.74) is 0.839. The van der Waals surface area contributed by atoms with E-state index in [4.69, 9.17) is 4.74 Å². The monoisotopic (exact) mass is 385 g/mol. The van der Waals surface area contributed by atoms with Crippen LogP contribution in [0.2, 0.25) is 0 Å². The number of aromatic carboxylic acids is 1. The second-order valence-electron chi connectivity index (χ2n) is 6.38. The molecule has 1 aliphatic rings. The Labute approximate surface area is 152 Å². The van der Waals surface area contributed by atoms with Gasteiger partial charge >= 0.3 is 12.3 Å². The van der Waals surface area contributed by atoms with Crippen molar-refractivity contribution in [2.75, 3.05) is 0 Å². The van der Waals surface area contributed by atoms with Crippen molar-refractivity contribution >= 4 is 5.97 Å². The van der Waals surface area contributed by atoms with Gasteiger partial charge in [0.15, 0.2) is 0 Å². The van der Waals surface area contributed by atoms with E-state index >= 15 is 0 Å². The molecular weight excluding hydrogens is 367 g/mol. The van der Waals surface area contributed by atoms with Gasteiger partial charge in [-0.2, -0.15) is 0 Å². The molecule has 1 heterocycles. The Balaban J connectivity index is 1.57. The molecule has 0 amide bonds. The molecule has 7 nitrogen and oxygen atoms in total. The van der Waals surface area contributed by atoms with Crippen molar-refractivity contribution in [3.8, 4) is 11.6 Å². The van der Waals surface area contributed by atoms with Gasteiger partial charge in [-0.05, 0) is 49.3 Å². The summed E-state index contributed by atoms with van der Waals surface area (Å²) in [4.78, 5) is 11.2. The molecular formula is C17H18F3N3O4. The number of alkyl halides is 3. The number of halogens is 3. The fourth-order valence-electron chi connectivity index (χ4n) is 3.26. The standard InChI is InChI=1S/C17H18F3N3O4/c1-23-14(16(24)25)15(21-22-23)26-12-6-2-10(3-7-12)11-4-8-13(9-5-11)27-17(18,19)20/h4-5,8-10,12H,2-3,6-7H2,1H3,(H,24,25). The van der Waals surface area contributed by atoms with Crippen LogP contribution in [0.5, 0.6) is 11.6 Å². The molecule has 0 atom stereocenters. The largest absolute Gasteiger partial charge is 0.573 e. The van der Waals surface area contributed by atoms with Gasteiger partial charge in [-0.15, -0.1) is 13.2 Å². The SMILES string of the molecule is Cn1nnc(OC2CCC(c3ccc(OC(F)(F)F)cc3)CC2)c1C(=O)O. The smallest absolute Gasteiger partial charge is 0.476 e. The van der Waals surface area contributed by atoms with Gasteiger partial charge in [-0.1, -0.05) is 22.4 Å². The van der Waals surface area contributed by atoms with Crippen LogP contribution in [0.15, 0.2) is 24.3 Å². The highest BCUT2D eigenvalue weighted by atomic mass is 19.4. The molecule has 0 radical (unpaired) electrons. The first-order chi connectivity index (χ1) is 12.7. The van der Waals surface area contributed by atoms with Gasteiger partial charge < -0.3 is 14.6 Å². The summed E-state index contributed by atoms with van der Waals surface area (Å²) in [5.74, 6) is -1.20. The maximum atomic E-state index is 12.2. The van der Waals surface area contributed by atoms with Gasteiger partial charge in [0.05, 0.1) is 0 Å². The van der Waals surface area contributed by atoms with Crippen LogP contribution >= 0.6 is 0 Å². The van der Waals surface area contributed by atoms with Crippen LogP contribution in [0.25, 0.3) is 0 Å². The Morgan fingerprint density at radius 3 is 2.37 bits per heavy atom. The first-order valence-electron chi connectivity index (χ1n) is 8.38. The minimum absolute atomic E-state index is 0.00195. The van der Waals surface area contributed by atoms with Crippen LogP contribution in [0, 0.1) is 0 Å². The molecule has 0 aliphatic heterocycles. The molecule has 3 rings (SSSR count). The summed E-state index contributed by atoms with van der Waals surface area (Å²) in [6, 6.07) is 5.89. The van der Waals surface area contributed by atoms with E-state index in [1.54, 1.807) is 12.1 Å². The first-order valence-corrected chi connectivity index (χ1v) is 8.38. The summed E-state index contributed by atoms with van der Waals surface area (Å²) >= 11 is 0. The number of ether oxygens (including phenoxy) is 2. The second kappa shape index (κ2) is 7.45. The van der Waals surface area contributed by atoms with Crippen molar-refractivity contribution in [3.63, 3.8) is 0 Å². The van der Waals surface area contributed by atoms with Crippen molar-refractivity contribution in [2.24, 2.45) is 7.05 Å². The third-order valence-electron chi connectivity index (χ3n) is 4.54. The third-order valence-corrected chi connectivity index (χ3v) is 4.54. The predicted molar refractivity (Wildman–Crippen MR) is 86.7 cm³/mol. The van der Waals surface area contributed by atoms with Crippen LogP contribution in [0.3, 0.4) is 0 Å². The molecule has 0 bridgehead atoms. The van der Waals surface area contributed by atoms with E-state index in [2.05, 4.69) is 15.0 Å². The molecule has 2 aromatic rings. The minimum atomic E-state index is -4.70. The normalized spacial score (nSPS) is 20.3. The van der Waals surface area contributed by atoms with E-state index in [0.717, 1.165) is 23.1 Å². The summed E-state index contributed by atoms with van der Waals surface area (Å²) in [5, 5.41) is 16.6. The number of aromatic nitrogens is 3. The highest BCUT2D eigenvalue weighted by Crippen LogP contribution is 2.35. The maximum Gasteiger partial charge on any atom is 0.573 e. The number of nitrogens with zero attached hydrogens (tertiary/aromatic N) is 3. The van der Waals surface area contributed by atoms with Crippen molar-refractivity contribution < 1.29 is 32.5 Å². The topological polar surface area (TPSA) is 86.5 Å². The lowest BCUT2D eigenvalue weighted by Crippen LogP contribution is -2.24. The number of carboxylic acid groups (broad SMARTS) is 1. The summed E-state index contributed by atoms with van der Waals surface area (Å²) in [7, 11) is 1.48. The zero-order valence-corrected chi connectivity index (χ0v) is 14.4. The third kappa shape index (κ3) is 4.69. The molecule has 1 aromatic heterocycles. The lowest BCUT2D eigenvalue weighted by molar-refractivity contribution is -0.274. The zero-order valence-electron chi connectivity index (χ0n) is 14.4. The Morgan fingerprint density at radius 1 is 1.19 bits per heavy atom. The molecule has 146 valence electrons. The van der Waals surface area contributed by atoms with Gasteiger partial charge in [0.25, 0.3) is 5.88 Å². The molecule has 1 aliphatic carbocycles. The lowest BCUT2D eigenvalue weighted by Gasteiger charge is -2.28. The highest BCUT2D eigenvalue weighted by Gasteiger charge is 2.31. The van der Waals surface area contributed by atoms with Crippen LogP contribution in [0.1, 0.15) is 47.7 Å². The molecule has 10 heteroatoms. The average Bonchev–Trinajstić information content (AvgIpc) is 2.95. The molecule has 0 saturated heterocycles. The van der Waals surface area contributed by atoms with Crippen LogP contribution in [0.4, 0.5) is 13.2 Å². The molecule has 0 unspecified atom stereocenters. The number of benzene rings is 1. The van der Waals surface area contributed by atoms with E-state index < -0.39 is 12.3 Å². The zero-order chi connectivity index (χ0) is 19.6. The van der Waals surface area contributed by atoms with Crippen molar-refractivity contribution in [3.05, 3.63) is 35.5 Å². The first kappa shape index (κ1) is 19.0. The number of hydrogen-bond donors (Lipinski definition) is 1. The molecule has 27 heavy (non-hydrogen) atoms. The van der Waals surface area contributed by atoms with Gasteiger partial charge in [-0.3, -0.25) is 0 Å². The fourth-order valence-corrected chi connectivity index (χ4v) is 3.26. The van der Waals surface area contributed by atoms with Crippen molar-refractivity contribution in [1.29, 1.82) is 0 Å². The maximum absolute atomic E-state index is 12.2. The van der Waals surface area contributed by atoms with E-state index in [1.165, 1.54) is 19.2 Å². The van der Waals surface area contributed by atoms with Crippen molar-refractivity contribution in [2.45, 2.75) is 44.1 Å². The Bertz CT molecular complexity index is 797. The molecule has 1 saturated carbocycles. The van der Waals surface area contributed by atoms with Gasteiger partial charge in [0, 0.05) is 7.05 Å². The Morgan fingerprint density at radius 2 is 1.81 bits per heavy atom. The lowest BCUT2D eigenvalue weighted by atomic mass is 9.83. The number of aryl methyl sites for hydroxylation is 1. The summed E-state index contributed by atoms with van der Waals surface area (Å²) < 4.78 is 47.4. The fraction of sp³-hybridized carbons (Fsp3) is 0.471. The van der Waals surface area contributed by atoms with Crippen LogP contribution < -0.4 is 9.47 Å². The van der Waals surface area contributed by atoms with Gasteiger partial charge in [0.1, 0.15) is 11.9 Å². The number of carbonyl (C=O) groups is 1. The average molecular weight is 385 g/mol. The van der Waals surface area contributed by atoms with E-state index in [1.807, 2.05) is 0 Å². The van der Waals surface area contributed by atoms with Crippen LogP contribution in [-0.4, -0.2) is 38.5 Å². The Kier molecular flexibility index (Phi) is 5.24. The van der Waals surface area contributed by atoms with E-state index in [0.29, 0.717) is 12.8 Å². The van der Waals surface area contributed by atoms with Gasteiger partial charge in [0.2, 0.25) is 5.69 Å². The quantitative estimate of drug-likeness (QED) is 0.848. The highest BCUT2D eigenvalue weighted by molar-refractivity contribution is 5.88. The Hall–Kier alpha value is -2.78. The number of rotatable bonds is 5. The molecule has 1 aromatic carbocycles. The predicted octanol–water partition coefficient (Wildman–Crippen LogP) is 3.52. The molecule has 1 fully saturated rings. The number of hydrogen-bond acceptors (Lipinski definition) is 5. The van der Waals surface area contributed by atoms with Gasteiger partial charge in [-0.25, -0.2) is 9.48 Å². The van der Waals surface area contributed by atoms with E-state index in [9.17, 15) is 23.1 Å².